The fraction of sp³-hybridized carbons (Fsp3) is 0.846. The minimum atomic E-state index is 0.108. The molecule has 0 saturated heterocycles. The quantitative estimate of drug-likeness (QED) is 0.605. The smallest absolute Gasteiger partial charge is 0.133 e. The number of hydrogen-bond donors (Lipinski definition) is 0. The molecule has 2 heteroatoms. The van der Waals surface area contributed by atoms with Crippen LogP contribution >= 0.6 is 0 Å². The molecule has 0 bridgehead atoms. The van der Waals surface area contributed by atoms with Crippen LogP contribution in [-0.2, 0) is 9.59 Å². The third kappa shape index (κ3) is 11.3. The van der Waals surface area contributed by atoms with Crippen molar-refractivity contribution < 1.29 is 9.59 Å². The first kappa shape index (κ1) is 14.3. The lowest BCUT2D eigenvalue weighted by molar-refractivity contribution is -0.120. The average molecular weight is 212 g/mol. The standard InChI is InChI=1S/C13H24O2/c1-11(14)8-6-5-7-9-12(15)10-13(2,3)4/h5-10H2,1-4H3. The zero-order chi connectivity index (χ0) is 11.9. The summed E-state index contributed by atoms with van der Waals surface area (Å²) in [5.74, 6) is 0.598. The molecule has 0 saturated carbocycles. The van der Waals surface area contributed by atoms with Gasteiger partial charge < -0.3 is 4.79 Å². The molecule has 0 aromatic rings. The monoisotopic (exact) mass is 212 g/mol. The molecule has 0 unspecified atom stereocenters. The molecule has 0 fully saturated rings. The molecule has 0 amide bonds. The lowest BCUT2D eigenvalue weighted by atomic mass is 9.88. The van der Waals surface area contributed by atoms with E-state index in [1.807, 2.05) is 0 Å². The predicted molar refractivity (Wildman–Crippen MR) is 62.8 cm³/mol. The molecule has 0 aliphatic heterocycles. The van der Waals surface area contributed by atoms with Crippen LogP contribution in [0.25, 0.3) is 0 Å². The van der Waals surface area contributed by atoms with Crippen molar-refractivity contribution in [2.45, 2.75) is 66.2 Å². The van der Waals surface area contributed by atoms with Crippen molar-refractivity contribution in [3.05, 3.63) is 0 Å². The largest absolute Gasteiger partial charge is 0.300 e. The maximum absolute atomic E-state index is 11.5. The highest BCUT2D eigenvalue weighted by Crippen LogP contribution is 2.20. The van der Waals surface area contributed by atoms with Crippen molar-refractivity contribution in [2.75, 3.05) is 0 Å². The van der Waals surface area contributed by atoms with Gasteiger partial charge in [0.1, 0.15) is 11.6 Å². The second-order valence-corrected chi connectivity index (χ2v) is 5.54. The lowest BCUT2D eigenvalue weighted by Crippen LogP contribution is -2.12. The highest BCUT2D eigenvalue weighted by atomic mass is 16.1. The molecular formula is C13H24O2. The summed E-state index contributed by atoms with van der Waals surface area (Å²) < 4.78 is 0. The molecule has 0 aliphatic carbocycles. The van der Waals surface area contributed by atoms with E-state index in [2.05, 4.69) is 20.8 Å². The Morgan fingerprint density at radius 3 is 1.93 bits per heavy atom. The van der Waals surface area contributed by atoms with Crippen molar-refractivity contribution in [3.63, 3.8) is 0 Å². The van der Waals surface area contributed by atoms with Gasteiger partial charge in [0.2, 0.25) is 0 Å². The second-order valence-electron chi connectivity index (χ2n) is 5.54. The average Bonchev–Trinajstić information content (AvgIpc) is 1.99. The maximum Gasteiger partial charge on any atom is 0.133 e. The van der Waals surface area contributed by atoms with Gasteiger partial charge in [-0.25, -0.2) is 0 Å². The van der Waals surface area contributed by atoms with Gasteiger partial charge >= 0.3 is 0 Å². The van der Waals surface area contributed by atoms with Gasteiger partial charge in [-0.15, -0.1) is 0 Å². The van der Waals surface area contributed by atoms with Crippen LogP contribution in [0.5, 0.6) is 0 Å². The number of hydrogen-bond acceptors (Lipinski definition) is 2. The van der Waals surface area contributed by atoms with Gasteiger partial charge in [-0.3, -0.25) is 4.79 Å². The molecule has 0 heterocycles. The second kappa shape index (κ2) is 6.76. The van der Waals surface area contributed by atoms with Crippen LogP contribution in [-0.4, -0.2) is 11.6 Å². The summed E-state index contributed by atoms with van der Waals surface area (Å²) in [5.41, 5.74) is 0.108. The Morgan fingerprint density at radius 2 is 1.47 bits per heavy atom. The molecule has 0 aliphatic rings. The van der Waals surface area contributed by atoms with Crippen molar-refractivity contribution in [1.29, 1.82) is 0 Å². The van der Waals surface area contributed by atoms with E-state index in [4.69, 9.17) is 0 Å². The Morgan fingerprint density at radius 1 is 0.933 bits per heavy atom. The van der Waals surface area contributed by atoms with Crippen LogP contribution in [0.15, 0.2) is 0 Å². The molecule has 0 radical (unpaired) electrons. The first-order chi connectivity index (χ1) is 6.81. The molecule has 0 aromatic heterocycles. The molecule has 0 aromatic carbocycles. The number of carbonyl (C=O) groups is 2. The van der Waals surface area contributed by atoms with Crippen molar-refractivity contribution >= 4 is 11.6 Å². The summed E-state index contributed by atoms with van der Waals surface area (Å²) in [7, 11) is 0. The minimum Gasteiger partial charge on any atom is -0.300 e. The fourth-order valence-corrected chi connectivity index (χ4v) is 1.55. The topological polar surface area (TPSA) is 34.1 Å². The molecule has 88 valence electrons. The molecule has 2 nitrogen and oxygen atoms in total. The predicted octanol–water partition coefficient (Wildman–Crippen LogP) is 3.53. The Hall–Kier alpha value is -0.660. The van der Waals surface area contributed by atoms with E-state index in [9.17, 15) is 9.59 Å². The lowest BCUT2D eigenvalue weighted by Gasteiger charge is -2.16. The van der Waals surface area contributed by atoms with Crippen LogP contribution in [0.3, 0.4) is 0 Å². The summed E-state index contributed by atoms with van der Waals surface area (Å²) in [4.78, 5) is 22.2. The Labute approximate surface area is 93.4 Å². The van der Waals surface area contributed by atoms with Crippen LogP contribution in [0.4, 0.5) is 0 Å². The SMILES string of the molecule is CC(=O)CCCCCC(=O)CC(C)(C)C. The molecule has 0 N–H and O–H groups in total. The molecule has 0 spiro atoms. The van der Waals surface area contributed by atoms with Crippen LogP contribution < -0.4 is 0 Å². The summed E-state index contributed by atoms with van der Waals surface area (Å²) in [6.45, 7) is 7.87. The molecular weight excluding hydrogens is 188 g/mol. The number of carbonyl (C=O) groups excluding carboxylic acids is 2. The van der Waals surface area contributed by atoms with Crippen molar-refractivity contribution in [3.8, 4) is 0 Å². The summed E-state index contributed by atoms with van der Waals surface area (Å²) in [6.07, 6.45) is 4.86. The van der Waals surface area contributed by atoms with Gasteiger partial charge in [0.05, 0.1) is 0 Å². The first-order valence-electron chi connectivity index (χ1n) is 5.82. The van der Waals surface area contributed by atoms with Gasteiger partial charge in [-0.1, -0.05) is 27.2 Å². The van der Waals surface area contributed by atoms with Gasteiger partial charge in [0, 0.05) is 19.3 Å². The van der Waals surface area contributed by atoms with Gasteiger partial charge in [-0.05, 0) is 25.2 Å². The number of rotatable bonds is 7. The number of unbranched alkanes of at least 4 members (excludes halogenated alkanes) is 2. The van der Waals surface area contributed by atoms with Crippen molar-refractivity contribution in [2.24, 2.45) is 5.41 Å². The van der Waals surface area contributed by atoms with Crippen molar-refractivity contribution in [1.82, 2.24) is 0 Å². The van der Waals surface area contributed by atoms with E-state index in [-0.39, 0.29) is 11.2 Å². The Kier molecular flexibility index (Phi) is 6.46. The highest BCUT2D eigenvalue weighted by molar-refractivity contribution is 5.79. The zero-order valence-electron chi connectivity index (χ0n) is 10.6. The number of ketones is 2. The van der Waals surface area contributed by atoms with Gasteiger partial charge in [0.25, 0.3) is 0 Å². The van der Waals surface area contributed by atoms with E-state index < -0.39 is 0 Å². The van der Waals surface area contributed by atoms with Gasteiger partial charge in [-0.2, -0.15) is 0 Å². The summed E-state index contributed by atoms with van der Waals surface area (Å²) in [6, 6.07) is 0. The van der Waals surface area contributed by atoms with E-state index >= 15 is 0 Å². The summed E-state index contributed by atoms with van der Waals surface area (Å²) >= 11 is 0. The normalized spacial score (nSPS) is 11.5. The van der Waals surface area contributed by atoms with Crippen LogP contribution in [0.1, 0.15) is 66.2 Å². The van der Waals surface area contributed by atoms with E-state index in [0.717, 1.165) is 19.3 Å². The molecule has 0 atom stereocenters. The van der Waals surface area contributed by atoms with E-state index in [1.54, 1.807) is 6.92 Å². The van der Waals surface area contributed by atoms with Gasteiger partial charge in [0.15, 0.2) is 0 Å². The summed E-state index contributed by atoms with van der Waals surface area (Å²) in [5, 5.41) is 0. The third-order valence-corrected chi connectivity index (χ3v) is 2.21. The zero-order valence-corrected chi connectivity index (χ0v) is 10.6. The third-order valence-electron chi connectivity index (χ3n) is 2.21. The Balaban J connectivity index is 3.44. The molecule has 0 rings (SSSR count). The number of Topliss-reactive ketones (excluding diaryl/α,β-unsaturated/α-hetero) is 2. The fourth-order valence-electron chi connectivity index (χ4n) is 1.55. The van der Waals surface area contributed by atoms with Crippen LogP contribution in [0, 0.1) is 5.41 Å². The Bertz CT molecular complexity index is 211. The highest BCUT2D eigenvalue weighted by Gasteiger charge is 2.15. The van der Waals surface area contributed by atoms with Crippen LogP contribution in [0.2, 0.25) is 0 Å². The minimum absolute atomic E-state index is 0.108. The van der Waals surface area contributed by atoms with E-state index in [0.29, 0.717) is 25.0 Å². The maximum atomic E-state index is 11.5. The van der Waals surface area contributed by atoms with E-state index in [1.165, 1.54) is 0 Å². The molecule has 15 heavy (non-hydrogen) atoms. The first-order valence-corrected chi connectivity index (χ1v) is 5.82.